The second-order valence-electron chi connectivity index (χ2n) is 3.97. The van der Waals surface area contributed by atoms with Gasteiger partial charge in [-0.05, 0) is 0 Å². The summed E-state index contributed by atoms with van der Waals surface area (Å²) in [5, 5.41) is 7.44. The number of benzene rings is 1. The Balaban J connectivity index is 2.02. The molecule has 0 atom stereocenters. The van der Waals surface area contributed by atoms with Crippen molar-refractivity contribution >= 4 is 17.7 Å². The van der Waals surface area contributed by atoms with Gasteiger partial charge in [-0.15, -0.1) is 16.9 Å². The number of hydrogen-bond acceptors (Lipinski definition) is 5. The van der Waals surface area contributed by atoms with E-state index in [2.05, 4.69) is 15.0 Å². The molecule has 0 fully saturated rings. The summed E-state index contributed by atoms with van der Waals surface area (Å²) in [5.41, 5.74) is 0.423. The van der Waals surface area contributed by atoms with Gasteiger partial charge in [0.25, 0.3) is 0 Å². The molecule has 0 N–H and O–H groups in total. The van der Waals surface area contributed by atoms with E-state index in [0.29, 0.717) is 17.8 Å². The zero-order chi connectivity index (χ0) is 15.4. The van der Waals surface area contributed by atoms with Gasteiger partial charge >= 0.3 is 5.97 Å². The largest absolute Gasteiger partial charge is 0.468 e. The molecule has 1 aromatic heterocycles. The highest BCUT2D eigenvalue weighted by Gasteiger charge is 2.13. The second-order valence-corrected chi connectivity index (χ2v) is 4.96. The van der Waals surface area contributed by atoms with Gasteiger partial charge in [-0.3, -0.25) is 4.79 Å². The lowest BCUT2D eigenvalue weighted by Crippen LogP contribution is -2.11. The Morgan fingerprint density at radius 1 is 1.33 bits per heavy atom. The molecule has 112 valence electrons. The lowest BCUT2D eigenvalue weighted by molar-refractivity contribution is -0.141. The molecular weight excluding hydrogens is 307 g/mol. The van der Waals surface area contributed by atoms with Gasteiger partial charge < -0.3 is 4.74 Å². The fraction of sp³-hybridized carbons (Fsp3) is 0.250. The molecule has 0 saturated carbocycles. The third-order valence-electron chi connectivity index (χ3n) is 2.43. The molecule has 0 unspecified atom stereocenters. The van der Waals surface area contributed by atoms with Crippen molar-refractivity contribution in [2.45, 2.75) is 17.2 Å². The van der Waals surface area contributed by atoms with Crippen LogP contribution in [0.2, 0.25) is 0 Å². The maximum atomic E-state index is 13.4. The van der Waals surface area contributed by atoms with E-state index in [9.17, 15) is 18.0 Å². The number of methoxy groups -OCH3 is 1. The van der Waals surface area contributed by atoms with Crippen molar-refractivity contribution in [1.29, 1.82) is 0 Å². The minimum absolute atomic E-state index is 0.104. The molecule has 0 radical (unpaired) electrons. The lowest BCUT2D eigenvalue weighted by atomic mass is 10.3. The number of thioether (sulfide) groups is 1. The summed E-state index contributed by atoms with van der Waals surface area (Å²) < 4.78 is 45.4. The number of carbonyl (C=O) groups excluding carboxylic acids is 1. The van der Waals surface area contributed by atoms with Crippen LogP contribution in [0.4, 0.5) is 13.2 Å². The number of rotatable bonds is 5. The van der Waals surface area contributed by atoms with Gasteiger partial charge in [0.05, 0.1) is 17.7 Å². The highest BCUT2D eigenvalue weighted by molar-refractivity contribution is 7.98. The summed E-state index contributed by atoms with van der Waals surface area (Å²) in [6.45, 7) is -0.104. The van der Waals surface area contributed by atoms with Crippen molar-refractivity contribution in [2.24, 2.45) is 0 Å². The first-order chi connectivity index (χ1) is 9.99. The number of hydrogen-bond donors (Lipinski definition) is 0. The average molecular weight is 317 g/mol. The third-order valence-corrected chi connectivity index (χ3v) is 3.55. The van der Waals surface area contributed by atoms with Crippen molar-refractivity contribution in [3.8, 4) is 0 Å². The molecule has 1 heterocycles. The molecule has 0 spiro atoms. The molecule has 0 aliphatic rings. The summed E-state index contributed by atoms with van der Waals surface area (Å²) in [7, 11) is 1.25. The highest BCUT2D eigenvalue weighted by Crippen LogP contribution is 2.28. The van der Waals surface area contributed by atoms with Crippen molar-refractivity contribution in [2.75, 3.05) is 7.11 Å². The van der Waals surface area contributed by atoms with Crippen molar-refractivity contribution in [1.82, 2.24) is 15.0 Å². The minimum Gasteiger partial charge on any atom is -0.468 e. The van der Waals surface area contributed by atoms with Crippen LogP contribution in [0.1, 0.15) is 5.69 Å². The molecule has 0 aliphatic carbocycles. The fourth-order valence-electron chi connectivity index (χ4n) is 1.49. The van der Waals surface area contributed by atoms with Crippen LogP contribution in [0.25, 0.3) is 0 Å². The molecule has 2 aromatic rings. The number of halogens is 3. The maximum absolute atomic E-state index is 13.4. The quantitative estimate of drug-likeness (QED) is 0.625. The lowest BCUT2D eigenvalue weighted by Gasteiger charge is -2.03. The molecule has 9 heteroatoms. The Kier molecular flexibility index (Phi) is 4.84. The Morgan fingerprint density at radius 2 is 2.00 bits per heavy atom. The van der Waals surface area contributed by atoms with Gasteiger partial charge in [-0.25, -0.2) is 17.9 Å². The number of ether oxygens (including phenoxy) is 1. The Bertz CT molecular complexity index is 640. The van der Waals surface area contributed by atoms with Gasteiger partial charge in [-0.2, -0.15) is 0 Å². The molecular formula is C12H10F3N3O2S. The first-order valence-electron chi connectivity index (χ1n) is 5.72. The zero-order valence-electron chi connectivity index (χ0n) is 10.8. The summed E-state index contributed by atoms with van der Waals surface area (Å²) in [6, 6.07) is 1.22. The molecule has 0 aliphatic heterocycles. The minimum atomic E-state index is -0.974. The van der Waals surface area contributed by atoms with Crippen LogP contribution in [0.5, 0.6) is 0 Å². The van der Waals surface area contributed by atoms with Crippen LogP contribution in [0.3, 0.4) is 0 Å². The summed E-state index contributed by atoms with van der Waals surface area (Å²) in [5.74, 6) is -3.28. The highest BCUT2D eigenvalue weighted by atomic mass is 32.2. The summed E-state index contributed by atoms with van der Waals surface area (Å²) in [4.78, 5) is 10.7. The first kappa shape index (κ1) is 15.4. The molecule has 21 heavy (non-hydrogen) atoms. The SMILES string of the molecule is COC(=O)Cn1cc(CSc2c(F)cc(F)cc2F)nn1. The zero-order valence-corrected chi connectivity index (χ0v) is 11.7. The van der Waals surface area contributed by atoms with Gasteiger partial charge in [-0.1, -0.05) is 5.21 Å². The maximum Gasteiger partial charge on any atom is 0.327 e. The topological polar surface area (TPSA) is 57.0 Å². The third kappa shape index (κ3) is 3.97. The Morgan fingerprint density at radius 3 is 2.62 bits per heavy atom. The summed E-state index contributed by atoms with van der Waals surface area (Å²) in [6.07, 6.45) is 1.46. The van der Waals surface area contributed by atoms with E-state index in [-0.39, 0.29) is 17.2 Å². The van der Waals surface area contributed by atoms with Crippen LogP contribution in [-0.4, -0.2) is 28.1 Å². The van der Waals surface area contributed by atoms with Crippen LogP contribution >= 0.6 is 11.8 Å². The van der Waals surface area contributed by atoms with Crippen molar-refractivity contribution in [3.05, 3.63) is 41.5 Å². The molecule has 2 rings (SSSR count). The van der Waals surface area contributed by atoms with E-state index in [4.69, 9.17) is 0 Å². The van der Waals surface area contributed by atoms with Gasteiger partial charge in [0.2, 0.25) is 0 Å². The van der Waals surface area contributed by atoms with E-state index in [0.717, 1.165) is 11.8 Å². The van der Waals surface area contributed by atoms with Crippen LogP contribution in [0.15, 0.2) is 23.2 Å². The van der Waals surface area contributed by atoms with Crippen LogP contribution in [-0.2, 0) is 21.8 Å². The Labute approximate surface area is 122 Å². The fourth-order valence-corrected chi connectivity index (χ4v) is 2.31. The van der Waals surface area contributed by atoms with Gasteiger partial charge in [0, 0.05) is 24.1 Å². The monoisotopic (exact) mass is 317 g/mol. The van der Waals surface area contributed by atoms with E-state index in [1.807, 2.05) is 0 Å². The number of esters is 1. The predicted molar refractivity (Wildman–Crippen MR) is 67.9 cm³/mol. The van der Waals surface area contributed by atoms with Crippen LogP contribution in [0, 0.1) is 17.5 Å². The van der Waals surface area contributed by atoms with Gasteiger partial charge in [0.1, 0.15) is 24.0 Å². The Hall–Kier alpha value is -2.03. The number of carbonyl (C=O) groups is 1. The number of aromatic nitrogens is 3. The van der Waals surface area contributed by atoms with Gasteiger partial charge in [0.15, 0.2) is 0 Å². The second kappa shape index (κ2) is 6.61. The molecule has 0 bridgehead atoms. The van der Waals surface area contributed by atoms with Crippen LogP contribution < -0.4 is 0 Å². The molecule has 0 amide bonds. The summed E-state index contributed by atoms with van der Waals surface area (Å²) >= 11 is 0.825. The predicted octanol–water partition coefficient (Wildman–Crippen LogP) is 2.16. The normalized spacial score (nSPS) is 10.7. The number of nitrogens with zero attached hydrogens (tertiary/aromatic N) is 3. The molecule has 1 aromatic carbocycles. The van der Waals surface area contributed by atoms with E-state index in [1.54, 1.807) is 0 Å². The van der Waals surface area contributed by atoms with Crippen molar-refractivity contribution < 1.29 is 22.7 Å². The van der Waals surface area contributed by atoms with E-state index >= 15 is 0 Å². The average Bonchev–Trinajstić information content (AvgIpc) is 2.85. The van der Waals surface area contributed by atoms with Crippen molar-refractivity contribution in [3.63, 3.8) is 0 Å². The van der Waals surface area contributed by atoms with E-state index in [1.165, 1.54) is 18.0 Å². The standard InChI is InChI=1S/C12H10F3N3O2S/c1-20-11(19)5-18-4-8(16-17-18)6-21-12-9(14)2-7(13)3-10(12)15/h2-4H,5-6H2,1H3. The molecule has 5 nitrogen and oxygen atoms in total. The van der Waals surface area contributed by atoms with E-state index < -0.39 is 23.4 Å². The smallest absolute Gasteiger partial charge is 0.327 e. The first-order valence-corrected chi connectivity index (χ1v) is 6.71. The molecule has 0 saturated heterocycles.